The Morgan fingerprint density at radius 1 is 1.33 bits per heavy atom. The van der Waals surface area contributed by atoms with E-state index in [1.165, 1.54) is 25.7 Å². The van der Waals surface area contributed by atoms with Crippen LogP contribution in [0.15, 0.2) is 4.52 Å². The Morgan fingerprint density at radius 3 is 2.89 bits per heavy atom. The van der Waals surface area contributed by atoms with Crippen LogP contribution in [0.2, 0.25) is 0 Å². The second kappa shape index (κ2) is 4.97. The van der Waals surface area contributed by atoms with E-state index in [4.69, 9.17) is 10.3 Å². The maximum atomic E-state index is 5.42. The van der Waals surface area contributed by atoms with Crippen molar-refractivity contribution < 1.29 is 4.52 Å². The predicted molar refractivity (Wildman–Crippen MR) is 67.6 cm³/mol. The van der Waals surface area contributed by atoms with Gasteiger partial charge in [-0.2, -0.15) is 21.7 Å². The molecule has 0 aliphatic heterocycles. The van der Waals surface area contributed by atoms with Gasteiger partial charge in [0.15, 0.2) is 5.82 Å². The molecule has 0 radical (unpaired) electrons. The highest BCUT2D eigenvalue weighted by atomic mass is 32.2. The van der Waals surface area contributed by atoms with Crippen LogP contribution in [0.5, 0.6) is 0 Å². The molecule has 0 aromatic carbocycles. The first-order valence-electron chi connectivity index (χ1n) is 5.94. The van der Waals surface area contributed by atoms with Crippen molar-refractivity contribution >= 4 is 17.7 Å². The minimum Gasteiger partial charge on any atom is -0.366 e. The minimum absolute atomic E-state index is 0.171. The van der Waals surface area contributed by atoms with E-state index in [2.05, 4.69) is 25.3 Å². The van der Waals surface area contributed by atoms with Crippen molar-refractivity contribution in [1.82, 2.24) is 25.3 Å². The number of nitrogens with zero attached hydrogens (tertiary/aromatic N) is 4. The lowest BCUT2D eigenvalue weighted by atomic mass is 10.4. The van der Waals surface area contributed by atoms with Crippen LogP contribution in [0, 0.1) is 0 Å². The highest BCUT2D eigenvalue weighted by molar-refractivity contribution is 7.99. The van der Waals surface area contributed by atoms with Crippen molar-refractivity contribution in [2.24, 2.45) is 0 Å². The van der Waals surface area contributed by atoms with Gasteiger partial charge in [0.25, 0.3) is 5.89 Å². The van der Waals surface area contributed by atoms with E-state index in [1.807, 2.05) is 11.8 Å². The number of aromatic amines is 1. The first kappa shape index (κ1) is 11.5. The average molecular weight is 266 g/mol. The van der Waals surface area contributed by atoms with E-state index in [-0.39, 0.29) is 5.95 Å². The lowest BCUT2D eigenvalue weighted by Gasteiger charge is -2.04. The first-order chi connectivity index (χ1) is 8.81. The predicted octanol–water partition coefficient (Wildman–Crippen LogP) is 1.61. The summed E-state index contributed by atoms with van der Waals surface area (Å²) in [5, 5.41) is 11.0. The van der Waals surface area contributed by atoms with Gasteiger partial charge < -0.3 is 10.3 Å². The number of thioether (sulfide) groups is 1. The fourth-order valence-corrected chi connectivity index (χ4v) is 3.20. The van der Waals surface area contributed by atoms with E-state index in [0.717, 1.165) is 11.0 Å². The summed E-state index contributed by atoms with van der Waals surface area (Å²) in [5.41, 5.74) is 5.42. The topological polar surface area (TPSA) is 107 Å². The van der Waals surface area contributed by atoms with Crippen molar-refractivity contribution in [3.8, 4) is 11.7 Å². The maximum absolute atomic E-state index is 5.42. The van der Waals surface area contributed by atoms with Crippen molar-refractivity contribution in [2.45, 2.75) is 36.7 Å². The Bertz CT molecular complexity index is 518. The fourth-order valence-electron chi connectivity index (χ4n) is 2.03. The summed E-state index contributed by atoms with van der Waals surface area (Å²) in [6.07, 6.45) is 5.28. The molecule has 7 nitrogen and oxygen atoms in total. The van der Waals surface area contributed by atoms with Gasteiger partial charge in [0.05, 0.1) is 5.75 Å². The molecular formula is C10H14N6OS. The molecule has 1 fully saturated rings. The lowest BCUT2D eigenvalue weighted by molar-refractivity contribution is 0.422. The average Bonchev–Trinajstić information content (AvgIpc) is 3.07. The molecule has 3 N–H and O–H groups in total. The SMILES string of the molecule is Nc1n[nH]c(-c2nc(CSC3CCCC3)no2)n1. The molecule has 2 aromatic rings. The Labute approximate surface area is 108 Å². The van der Waals surface area contributed by atoms with Crippen molar-refractivity contribution in [3.63, 3.8) is 0 Å². The lowest BCUT2D eigenvalue weighted by Crippen LogP contribution is -1.95. The molecule has 1 aliphatic carbocycles. The normalized spacial score (nSPS) is 16.4. The molecule has 0 amide bonds. The van der Waals surface area contributed by atoms with E-state index in [0.29, 0.717) is 17.5 Å². The third-order valence-electron chi connectivity index (χ3n) is 2.92. The summed E-state index contributed by atoms with van der Waals surface area (Å²) in [5.74, 6) is 2.39. The van der Waals surface area contributed by atoms with Gasteiger partial charge in [-0.15, -0.1) is 5.10 Å². The third kappa shape index (κ3) is 2.47. The van der Waals surface area contributed by atoms with Crippen molar-refractivity contribution in [2.75, 3.05) is 5.73 Å². The Morgan fingerprint density at radius 2 is 2.17 bits per heavy atom. The first-order valence-corrected chi connectivity index (χ1v) is 6.98. The molecule has 18 heavy (non-hydrogen) atoms. The van der Waals surface area contributed by atoms with E-state index < -0.39 is 0 Å². The van der Waals surface area contributed by atoms with Crippen LogP contribution < -0.4 is 5.73 Å². The largest absolute Gasteiger partial charge is 0.366 e. The number of aromatic nitrogens is 5. The minimum atomic E-state index is 0.171. The number of hydrogen-bond donors (Lipinski definition) is 2. The summed E-state index contributed by atoms with van der Waals surface area (Å²) in [6, 6.07) is 0. The third-order valence-corrected chi connectivity index (χ3v) is 4.29. The summed E-state index contributed by atoms with van der Waals surface area (Å²) in [6.45, 7) is 0. The van der Waals surface area contributed by atoms with Gasteiger partial charge in [0.2, 0.25) is 11.8 Å². The molecule has 3 rings (SSSR count). The number of nitrogens with two attached hydrogens (primary N) is 1. The van der Waals surface area contributed by atoms with E-state index in [9.17, 15) is 0 Å². The molecule has 0 bridgehead atoms. The smallest absolute Gasteiger partial charge is 0.295 e. The standard InChI is InChI=1S/C10H14N6OS/c11-10-13-8(14-15-10)9-12-7(16-17-9)5-18-6-3-1-2-4-6/h6H,1-5H2,(H3,11,13,14,15). The molecule has 2 aromatic heterocycles. The number of hydrogen-bond acceptors (Lipinski definition) is 7. The molecule has 0 unspecified atom stereocenters. The zero-order valence-corrected chi connectivity index (χ0v) is 10.6. The zero-order valence-electron chi connectivity index (χ0n) is 9.80. The van der Waals surface area contributed by atoms with Gasteiger partial charge in [-0.3, -0.25) is 5.10 Å². The number of H-pyrrole nitrogens is 1. The van der Waals surface area contributed by atoms with Crippen LogP contribution in [0.25, 0.3) is 11.7 Å². The Hall–Kier alpha value is -1.57. The fraction of sp³-hybridized carbons (Fsp3) is 0.600. The molecule has 0 atom stereocenters. The molecule has 1 saturated carbocycles. The molecular weight excluding hydrogens is 252 g/mol. The highest BCUT2D eigenvalue weighted by Crippen LogP contribution is 2.31. The van der Waals surface area contributed by atoms with Gasteiger partial charge in [0.1, 0.15) is 0 Å². The van der Waals surface area contributed by atoms with Crippen LogP contribution in [-0.4, -0.2) is 30.6 Å². The maximum Gasteiger partial charge on any atom is 0.295 e. The molecule has 0 spiro atoms. The van der Waals surface area contributed by atoms with Crippen molar-refractivity contribution in [3.05, 3.63) is 5.82 Å². The Balaban J connectivity index is 1.62. The molecule has 2 heterocycles. The van der Waals surface area contributed by atoms with Crippen LogP contribution in [0.1, 0.15) is 31.5 Å². The van der Waals surface area contributed by atoms with Gasteiger partial charge in [-0.1, -0.05) is 18.0 Å². The summed E-state index contributed by atoms with van der Waals surface area (Å²) in [4.78, 5) is 8.21. The van der Waals surface area contributed by atoms with Crippen LogP contribution >= 0.6 is 11.8 Å². The molecule has 8 heteroatoms. The summed E-state index contributed by atoms with van der Waals surface area (Å²) >= 11 is 1.89. The van der Waals surface area contributed by atoms with Crippen LogP contribution in [0.3, 0.4) is 0 Å². The summed E-state index contributed by atoms with van der Waals surface area (Å²) < 4.78 is 5.12. The zero-order chi connectivity index (χ0) is 12.4. The molecule has 1 aliphatic rings. The monoisotopic (exact) mass is 266 g/mol. The number of rotatable bonds is 4. The second-order valence-electron chi connectivity index (χ2n) is 4.28. The van der Waals surface area contributed by atoms with Crippen molar-refractivity contribution in [1.29, 1.82) is 0 Å². The summed E-state index contributed by atoms with van der Waals surface area (Å²) in [7, 11) is 0. The second-order valence-corrected chi connectivity index (χ2v) is 5.56. The quantitative estimate of drug-likeness (QED) is 0.865. The van der Waals surface area contributed by atoms with E-state index in [1.54, 1.807) is 0 Å². The Kier molecular flexibility index (Phi) is 3.18. The number of anilines is 1. The van der Waals surface area contributed by atoms with Gasteiger partial charge in [0, 0.05) is 5.25 Å². The van der Waals surface area contributed by atoms with Gasteiger partial charge >= 0.3 is 0 Å². The van der Waals surface area contributed by atoms with Crippen LogP contribution in [-0.2, 0) is 5.75 Å². The number of nitrogen functional groups attached to an aromatic ring is 1. The van der Waals surface area contributed by atoms with Crippen LogP contribution in [0.4, 0.5) is 5.95 Å². The highest BCUT2D eigenvalue weighted by Gasteiger charge is 2.17. The van der Waals surface area contributed by atoms with E-state index >= 15 is 0 Å². The number of nitrogens with one attached hydrogen (secondary N) is 1. The molecule has 96 valence electrons. The molecule has 0 saturated heterocycles. The van der Waals surface area contributed by atoms with Gasteiger partial charge in [-0.05, 0) is 12.8 Å². The van der Waals surface area contributed by atoms with Gasteiger partial charge in [-0.25, -0.2) is 0 Å².